The molecule has 4 aliphatic rings. The van der Waals surface area contributed by atoms with Crippen molar-refractivity contribution < 1.29 is 27.9 Å². The van der Waals surface area contributed by atoms with E-state index in [4.69, 9.17) is 4.98 Å². The molecule has 3 saturated heterocycles. The number of alkyl halides is 3. The molecule has 2 aromatic rings. The first-order valence-electron chi connectivity index (χ1n) is 16.4. The average Bonchev–Trinajstić information content (AvgIpc) is 3.67. The van der Waals surface area contributed by atoms with Crippen LogP contribution in [0.1, 0.15) is 67.1 Å². The predicted molar refractivity (Wildman–Crippen MR) is 170 cm³/mol. The summed E-state index contributed by atoms with van der Waals surface area (Å²) in [6.45, 7) is 10.4. The Morgan fingerprint density at radius 1 is 1.02 bits per heavy atom. The number of likely N-dealkylation sites (tertiary alicyclic amines) is 2. The first kappa shape index (κ1) is 34.1. The van der Waals surface area contributed by atoms with Crippen molar-refractivity contribution in [2.45, 2.75) is 63.3 Å². The molecule has 4 fully saturated rings. The van der Waals surface area contributed by atoms with E-state index in [1.54, 1.807) is 6.92 Å². The van der Waals surface area contributed by atoms with Gasteiger partial charge in [-0.3, -0.25) is 19.5 Å². The highest BCUT2D eigenvalue weighted by Crippen LogP contribution is 2.44. The summed E-state index contributed by atoms with van der Waals surface area (Å²) in [6, 6.07) is 9.07. The number of aromatic nitrogens is 1. The van der Waals surface area contributed by atoms with Crippen molar-refractivity contribution >= 4 is 18.0 Å². The zero-order chi connectivity index (χ0) is 33.0. The molecule has 46 heavy (non-hydrogen) atoms. The first-order valence-corrected chi connectivity index (χ1v) is 16.4. The van der Waals surface area contributed by atoms with Crippen molar-refractivity contribution in [1.82, 2.24) is 25.0 Å². The number of likely N-dealkylation sites (N-methyl/N-ethyl adjacent to an activating group) is 1. The van der Waals surface area contributed by atoms with Crippen LogP contribution >= 0.6 is 0 Å². The molecule has 9 nitrogen and oxygen atoms in total. The topological polar surface area (TPSA) is 92.3 Å². The molecule has 2 amide bonds. The van der Waals surface area contributed by atoms with E-state index in [0.717, 1.165) is 114 Å². The van der Waals surface area contributed by atoms with E-state index in [1.807, 2.05) is 17.2 Å². The quantitative estimate of drug-likeness (QED) is 0.460. The summed E-state index contributed by atoms with van der Waals surface area (Å²) < 4.78 is 36.9. The predicted octanol–water partition coefficient (Wildman–Crippen LogP) is 3.97. The Hall–Kier alpha value is -3.22. The highest BCUT2D eigenvalue weighted by molar-refractivity contribution is 5.94. The van der Waals surface area contributed by atoms with E-state index < -0.39 is 23.2 Å². The number of hydrogen-bond donors (Lipinski definition) is 2. The van der Waals surface area contributed by atoms with E-state index in [1.165, 1.54) is 18.6 Å². The van der Waals surface area contributed by atoms with Gasteiger partial charge in [0.15, 0.2) is 0 Å². The number of benzene rings is 1. The Labute approximate surface area is 269 Å². The van der Waals surface area contributed by atoms with Crippen LogP contribution in [0.15, 0.2) is 42.6 Å². The summed E-state index contributed by atoms with van der Waals surface area (Å²) in [5, 5.41) is 13.8. The molecule has 1 atom stereocenters. The summed E-state index contributed by atoms with van der Waals surface area (Å²) in [6.07, 6.45) is 4.50. The van der Waals surface area contributed by atoms with Gasteiger partial charge in [-0.1, -0.05) is 6.07 Å². The van der Waals surface area contributed by atoms with Crippen molar-refractivity contribution in [3.05, 3.63) is 59.4 Å². The fourth-order valence-electron chi connectivity index (χ4n) is 7.39. The van der Waals surface area contributed by atoms with Crippen molar-refractivity contribution in [3.63, 3.8) is 0 Å². The maximum Gasteiger partial charge on any atom is 0.416 e. The van der Waals surface area contributed by atoms with Crippen LogP contribution in [0.25, 0.3) is 0 Å². The number of pyridine rings is 1. The van der Waals surface area contributed by atoms with E-state index in [0.29, 0.717) is 18.0 Å². The maximum atomic E-state index is 12.3. The SMILES string of the molecule is CCNC(=O)c1cccc(C(F)(F)F)c1.CN1CCN(c2ccc(C3(O)CCC(N4CCC5(CCN(C=O)C5)C4)CC3)nc2)CC1. The molecular weight excluding hydrogens is 597 g/mol. The molecule has 1 spiro atoms. The van der Waals surface area contributed by atoms with Crippen LogP contribution in [0.3, 0.4) is 0 Å². The number of halogens is 3. The summed E-state index contributed by atoms with van der Waals surface area (Å²) in [5.74, 6) is -0.497. The molecule has 1 saturated carbocycles. The van der Waals surface area contributed by atoms with E-state index >= 15 is 0 Å². The number of nitrogens with one attached hydrogen (secondary N) is 1. The zero-order valence-corrected chi connectivity index (χ0v) is 26.9. The monoisotopic (exact) mass is 644 g/mol. The van der Waals surface area contributed by atoms with Crippen molar-refractivity contribution in [1.29, 1.82) is 0 Å². The van der Waals surface area contributed by atoms with Gasteiger partial charge < -0.3 is 25.1 Å². The maximum absolute atomic E-state index is 12.3. The van der Waals surface area contributed by atoms with Crippen molar-refractivity contribution in [2.24, 2.45) is 5.41 Å². The highest BCUT2D eigenvalue weighted by atomic mass is 19.4. The minimum atomic E-state index is -4.41. The number of aliphatic hydroxyl groups is 1. The third-order valence-corrected chi connectivity index (χ3v) is 10.3. The van der Waals surface area contributed by atoms with Crippen LogP contribution in [0.4, 0.5) is 18.9 Å². The van der Waals surface area contributed by atoms with Gasteiger partial charge in [0.05, 0.1) is 23.1 Å². The second kappa shape index (κ2) is 14.3. The lowest BCUT2D eigenvalue weighted by atomic mass is 9.79. The highest BCUT2D eigenvalue weighted by Gasteiger charge is 2.46. The molecule has 4 heterocycles. The van der Waals surface area contributed by atoms with Gasteiger partial charge in [-0.2, -0.15) is 13.2 Å². The smallest absolute Gasteiger partial charge is 0.384 e. The number of amides is 2. The normalized spacial score (nSPS) is 27.4. The second-order valence-corrected chi connectivity index (χ2v) is 13.4. The Bertz CT molecular complexity index is 1330. The molecule has 1 unspecified atom stereocenters. The van der Waals surface area contributed by atoms with Crippen molar-refractivity contribution in [2.75, 3.05) is 70.9 Å². The third kappa shape index (κ3) is 8.01. The molecule has 0 radical (unpaired) electrons. The van der Waals surface area contributed by atoms with Gasteiger partial charge in [-0.15, -0.1) is 0 Å². The lowest BCUT2D eigenvalue weighted by Crippen LogP contribution is -2.44. The lowest BCUT2D eigenvalue weighted by Gasteiger charge is -2.40. The van der Waals surface area contributed by atoms with E-state index in [2.05, 4.69) is 33.1 Å². The molecule has 6 rings (SSSR count). The van der Waals surface area contributed by atoms with E-state index in [9.17, 15) is 27.9 Å². The number of carbonyl (C=O) groups excluding carboxylic acids is 2. The summed E-state index contributed by atoms with van der Waals surface area (Å²) in [7, 11) is 2.17. The minimum Gasteiger partial charge on any atom is -0.384 e. The van der Waals surface area contributed by atoms with Crippen LogP contribution in [0.5, 0.6) is 0 Å². The number of hydrogen-bond acceptors (Lipinski definition) is 7. The molecule has 1 aromatic heterocycles. The van der Waals surface area contributed by atoms with E-state index in [-0.39, 0.29) is 5.56 Å². The number of piperazine rings is 1. The van der Waals surface area contributed by atoms with Crippen LogP contribution in [-0.2, 0) is 16.6 Å². The minimum absolute atomic E-state index is 0.0201. The van der Waals surface area contributed by atoms with Gasteiger partial charge in [-0.25, -0.2) is 0 Å². The summed E-state index contributed by atoms with van der Waals surface area (Å²) in [4.78, 5) is 36.4. The molecule has 1 aliphatic carbocycles. The third-order valence-electron chi connectivity index (χ3n) is 10.3. The summed E-state index contributed by atoms with van der Waals surface area (Å²) in [5.41, 5.74) is 0.723. The first-order chi connectivity index (χ1) is 21.9. The molecule has 2 N–H and O–H groups in total. The van der Waals surface area contributed by atoms with Gasteiger partial charge in [0, 0.05) is 69.4 Å². The number of nitrogens with zero attached hydrogens (tertiary/aromatic N) is 5. The van der Waals surface area contributed by atoms with Gasteiger partial charge in [0.2, 0.25) is 6.41 Å². The largest absolute Gasteiger partial charge is 0.416 e. The molecule has 3 aliphatic heterocycles. The molecule has 0 bridgehead atoms. The van der Waals surface area contributed by atoms with Crippen molar-refractivity contribution in [3.8, 4) is 0 Å². The summed E-state index contributed by atoms with van der Waals surface area (Å²) >= 11 is 0. The average molecular weight is 645 g/mol. The fourth-order valence-corrected chi connectivity index (χ4v) is 7.39. The van der Waals surface area contributed by atoms with Crippen LogP contribution in [-0.4, -0.2) is 109 Å². The second-order valence-electron chi connectivity index (χ2n) is 13.4. The number of rotatable bonds is 6. The standard InChI is InChI=1S/C24H37N5O2.C10H10F3NO/c1-26-12-14-28(15-13-26)21-2-3-22(25-16-21)24(31)6-4-20(5-7-24)29-11-9-23(18-29)8-10-27(17-23)19-30;1-2-14-9(15)7-4-3-5-8(6-7)10(11,12)13/h2-3,16,19-20,31H,4-15,17-18H2,1H3;3-6H,2H2,1H3,(H,14,15). The molecule has 12 heteroatoms. The van der Waals surface area contributed by atoms with Crippen LogP contribution < -0.4 is 10.2 Å². The fraction of sp³-hybridized carbons (Fsp3) is 0.618. The Kier molecular flexibility index (Phi) is 10.6. The number of anilines is 1. The zero-order valence-electron chi connectivity index (χ0n) is 26.9. The number of carbonyl (C=O) groups is 2. The molecule has 252 valence electrons. The van der Waals surface area contributed by atoms with Crippen LogP contribution in [0.2, 0.25) is 0 Å². The Morgan fingerprint density at radius 2 is 1.74 bits per heavy atom. The lowest BCUT2D eigenvalue weighted by molar-refractivity contribution is -0.137. The van der Waals surface area contributed by atoms with Crippen LogP contribution in [0, 0.1) is 5.41 Å². The van der Waals surface area contributed by atoms with Gasteiger partial charge in [0.25, 0.3) is 5.91 Å². The Balaban J connectivity index is 0.000000235. The molecular formula is C34H47F3N6O3. The van der Waals surface area contributed by atoms with Gasteiger partial charge in [-0.05, 0) is 89.4 Å². The van der Waals surface area contributed by atoms with Gasteiger partial charge in [0.1, 0.15) is 5.60 Å². The molecule has 1 aromatic carbocycles. The Morgan fingerprint density at radius 3 is 2.35 bits per heavy atom. The van der Waals surface area contributed by atoms with Gasteiger partial charge >= 0.3 is 6.18 Å².